The molecule has 0 bridgehead atoms. The SMILES string of the molecule is CN1CCCC1CNC(=O)c1ccc(Cl)c(Br)c1. The molecule has 3 nitrogen and oxygen atoms in total. The van der Waals surface area contributed by atoms with Gasteiger partial charge in [-0.25, -0.2) is 0 Å². The largest absolute Gasteiger partial charge is 0.350 e. The minimum absolute atomic E-state index is 0.0485. The lowest BCUT2D eigenvalue weighted by atomic mass is 10.2. The van der Waals surface area contributed by atoms with E-state index in [1.807, 2.05) is 0 Å². The molecule has 1 N–H and O–H groups in total. The Kier molecular flexibility index (Phi) is 4.65. The zero-order chi connectivity index (χ0) is 13.1. The lowest BCUT2D eigenvalue weighted by Crippen LogP contribution is -2.38. The first kappa shape index (κ1) is 13.8. The Morgan fingerprint density at radius 3 is 3.00 bits per heavy atom. The van der Waals surface area contributed by atoms with Crippen LogP contribution < -0.4 is 5.32 Å². The van der Waals surface area contributed by atoms with E-state index in [2.05, 4.69) is 33.2 Å². The van der Waals surface area contributed by atoms with E-state index in [0.29, 0.717) is 23.2 Å². The van der Waals surface area contributed by atoms with Gasteiger partial charge in [-0.1, -0.05) is 11.6 Å². The van der Waals surface area contributed by atoms with Crippen LogP contribution >= 0.6 is 27.5 Å². The van der Waals surface area contributed by atoms with Crippen molar-refractivity contribution in [1.29, 1.82) is 0 Å². The monoisotopic (exact) mass is 330 g/mol. The first-order valence-corrected chi connectivity index (χ1v) is 7.18. The first-order valence-electron chi connectivity index (χ1n) is 6.01. The summed E-state index contributed by atoms with van der Waals surface area (Å²) in [5.41, 5.74) is 0.631. The van der Waals surface area contributed by atoms with Gasteiger partial charge < -0.3 is 10.2 Å². The Balaban J connectivity index is 1.93. The third kappa shape index (κ3) is 3.25. The second-order valence-electron chi connectivity index (χ2n) is 4.62. The van der Waals surface area contributed by atoms with Gasteiger partial charge in [-0.05, 0) is 60.6 Å². The second-order valence-corrected chi connectivity index (χ2v) is 5.88. The molecule has 1 aliphatic heterocycles. The molecule has 1 saturated heterocycles. The van der Waals surface area contributed by atoms with E-state index >= 15 is 0 Å². The number of hydrogen-bond acceptors (Lipinski definition) is 2. The smallest absolute Gasteiger partial charge is 0.251 e. The Morgan fingerprint density at radius 2 is 2.39 bits per heavy atom. The van der Waals surface area contributed by atoms with Crippen molar-refractivity contribution in [3.8, 4) is 0 Å². The highest BCUT2D eigenvalue weighted by Gasteiger charge is 2.21. The molecule has 0 aliphatic carbocycles. The molecule has 1 fully saturated rings. The highest BCUT2D eigenvalue weighted by atomic mass is 79.9. The quantitative estimate of drug-likeness (QED) is 0.923. The third-order valence-electron chi connectivity index (χ3n) is 3.35. The van der Waals surface area contributed by atoms with Gasteiger partial charge in [0.2, 0.25) is 0 Å². The molecule has 2 rings (SSSR count). The summed E-state index contributed by atoms with van der Waals surface area (Å²) in [5.74, 6) is -0.0485. The molecule has 98 valence electrons. The fourth-order valence-corrected chi connectivity index (χ4v) is 2.68. The van der Waals surface area contributed by atoms with E-state index in [0.717, 1.165) is 17.4 Å². The van der Waals surface area contributed by atoms with E-state index in [4.69, 9.17) is 11.6 Å². The molecule has 1 aromatic carbocycles. The van der Waals surface area contributed by atoms with Crippen molar-refractivity contribution in [2.75, 3.05) is 20.1 Å². The Hall–Kier alpha value is -0.580. The van der Waals surface area contributed by atoms with Crippen molar-refractivity contribution in [1.82, 2.24) is 10.2 Å². The number of halogens is 2. The lowest BCUT2D eigenvalue weighted by molar-refractivity contribution is 0.0943. The van der Waals surface area contributed by atoms with Gasteiger partial charge in [0.05, 0.1) is 5.02 Å². The summed E-state index contributed by atoms with van der Waals surface area (Å²) in [4.78, 5) is 14.3. The topological polar surface area (TPSA) is 32.3 Å². The summed E-state index contributed by atoms with van der Waals surface area (Å²) >= 11 is 9.22. The van der Waals surface area contributed by atoms with Gasteiger partial charge in [0.1, 0.15) is 0 Å². The van der Waals surface area contributed by atoms with Gasteiger partial charge in [0, 0.05) is 22.6 Å². The van der Waals surface area contributed by atoms with E-state index < -0.39 is 0 Å². The fourth-order valence-electron chi connectivity index (χ4n) is 2.19. The molecular formula is C13H16BrClN2O. The van der Waals surface area contributed by atoms with Gasteiger partial charge in [-0.2, -0.15) is 0 Å². The number of nitrogens with one attached hydrogen (secondary N) is 1. The summed E-state index contributed by atoms with van der Waals surface area (Å²) in [7, 11) is 2.10. The number of likely N-dealkylation sites (N-methyl/N-ethyl adjacent to an activating group) is 1. The Morgan fingerprint density at radius 1 is 1.61 bits per heavy atom. The highest BCUT2D eigenvalue weighted by Crippen LogP contribution is 2.23. The van der Waals surface area contributed by atoms with E-state index in [9.17, 15) is 4.79 Å². The normalized spacial score (nSPS) is 20.1. The Labute approximate surface area is 121 Å². The average Bonchev–Trinajstić information content (AvgIpc) is 2.75. The number of likely N-dealkylation sites (tertiary alicyclic amines) is 1. The van der Waals surface area contributed by atoms with E-state index in [1.165, 1.54) is 6.42 Å². The fraction of sp³-hybridized carbons (Fsp3) is 0.462. The van der Waals surface area contributed by atoms with Crippen LogP contribution in [0.5, 0.6) is 0 Å². The predicted molar refractivity (Wildman–Crippen MR) is 77.1 cm³/mol. The van der Waals surface area contributed by atoms with Crippen molar-refractivity contribution in [2.45, 2.75) is 18.9 Å². The lowest BCUT2D eigenvalue weighted by Gasteiger charge is -2.19. The summed E-state index contributed by atoms with van der Waals surface area (Å²) in [6.07, 6.45) is 2.37. The number of carbonyl (C=O) groups excluding carboxylic acids is 1. The van der Waals surface area contributed by atoms with Gasteiger partial charge >= 0.3 is 0 Å². The van der Waals surface area contributed by atoms with Crippen LogP contribution in [0, 0.1) is 0 Å². The van der Waals surface area contributed by atoms with Crippen molar-refractivity contribution in [3.63, 3.8) is 0 Å². The molecule has 1 amide bonds. The molecule has 0 aromatic heterocycles. The summed E-state index contributed by atoms with van der Waals surface area (Å²) in [6.45, 7) is 1.82. The number of nitrogens with zero attached hydrogens (tertiary/aromatic N) is 1. The number of carbonyl (C=O) groups is 1. The Bertz CT molecular complexity index is 453. The maximum Gasteiger partial charge on any atom is 0.251 e. The first-order chi connectivity index (χ1) is 8.58. The minimum Gasteiger partial charge on any atom is -0.350 e. The molecule has 5 heteroatoms. The maximum absolute atomic E-state index is 12.0. The second kappa shape index (κ2) is 6.04. The molecule has 0 saturated carbocycles. The molecule has 1 unspecified atom stereocenters. The van der Waals surface area contributed by atoms with Crippen molar-refractivity contribution < 1.29 is 4.79 Å². The number of amides is 1. The molecule has 0 radical (unpaired) electrons. The van der Waals surface area contributed by atoms with Crippen molar-refractivity contribution in [2.24, 2.45) is 0 Å². The molecule has 1 aromatic rings. The highest BCUT2D eigenvalue weighted by molar-refractivity contribution is 9.10. The summed E-state index contributed by atoms with van der Waals surface area (Å²) < 4.78 is 0.745. The summed E-state index contributed by atoms with van der Waals surface area (Å²) in [5, 5.41) is 3.59. The van der Waals surface area contributed by atoms with Gasteiger partial charge in [-0.15, -0.1) is 0 Å². The molecular weight excluding hydrogens is 316 g/mol. The van der Waals surface area contributed by atoms with Gasteiger partial charge in [-0.3, -0.25) is 4.79 Å². The molecule has 1 heterocycles. The van der Waals surface area contributed by atoms with Gasteiger partial charge in [0.15, 0.2) is 0 Å². The van der Waals surface area contributed by atoms with Crippen LogP contribution in [0.25, 0.3) is 0 Å². The van der Waals surface area contributed by atoms with Crippen LogP contribution in [0.3, 0.4) is 0 Å². The molecule has 1 aliphatic rings. The molecule has 1 atom stereocenters. The van der Waals surface area contributed by atoms with E-state index in [1.54, 1.807) is 18.2 Å². The van der Waals surface area contributed by atoms with Gasteiger partial charge in [0.25, 0.3) is 5.91 Å². The summed E-state index contributed by atoms with van der Waals surface area (Å²) in [6, 6.07) is 5.67. The number of hydrogen-bond donors (Lipinski definition) is 1. The van der Waals surface area contributed by atoms with Crippen molar-refractivity contribution >= 4 is 33.4 Å². The van der Waals surface area contributed by atoms with Crippen LogP contribution in [-0.2, 0) is 0 Å². The number of rotatable bonds is 3. The standard InChI is InChI=1S/C13H16BrClN2O/c1-17-6-2-3-10(17)8-16-13(18)9-4-5-12(15)11(14)7-9/h4-5,7,10H,2-3,6,8H2,1H3,(H,16,18). The predicted octanol–water partition coefficient (Wildman–Crippen LogP) is 2.93. The average molecular weight is 332 g/mol. The van der Waals surface area contributed by atoms with Crippen LogP contribution in [0.1, 0.15) is 23.2 Å². The minimum atomic E-state index is -0.0485. The van der Waals surface area contributed by atoms with Crippen LogP contribution in [-0.4, -0.2) is 37.0 Å². The van der Waals surface area contributed by atoms with Crippen LogP contribution in [0.4, 0.5) is 0 Å². The number of benzene rings is 1. The molecule has 0 spiro atoms. The zero-order valence-electron chi connectivity index (χ0n) is 10.2. The van der Waals surface area contributed by atoms with Crippen LogP contribution in [0.2, 0.25) is 5.02 Å². The zero-order valence-corrected chi connectivity index (χ0v) is 12.6. The van der Waals surface area contributed by atoms with E-state index in [-0.39, 0.29) is 5.91 Å². The maximum atomic E-state index is 12.0. The van der Waals surface area contributed by atoms with Crippen LogP contribution in [0.15, 0.2) is 22.7 Å². The third-order valence-corrected chi connectivity index (χ3v) is 4.57. The molecule has 18 heavy (non-hydrogen) atoms. The van der Waals surface area contributed by atoms with Crippen molar-refractivity contribution in [3.05, 3.63) is 33.3 Å².